The van der Waals surface area contributed by atoms with Crippen LogP contribution in [0, 0.1) is 6.92 Å². The molecular weight excluding hydrogens is 204 g/mol. The van der Waals surface area contributed by atoms with Crippen molar-refractivity contribution in [2.45, 2.75) is 26.4 Å². The number of hydrogen-bond acceptors (Lipinski definition) is 4. The Labute approximate surface area is 96.9 Å². The van der Waals surface area contributed by atoms with Crippen LogP contribution in [-0.4, -0.2) is 41.8 Å². The van der Waals surface area contributed by atoms with Gasteiger partial charge in [-0.25, -0.2) is 0 Å². The highest BCUT2D eigenvalue weighted by atomic mass is 16.5. The number of aryl methyl sites for hydroxylation is 1. The molecule has 1 aromatic heterocycles. The molecule has 1 unspecified atom stereocenters. The van der Waals surface area contributed by atoms with Crippen LogP contribution in [0.4, 0.5) is 0 Å². The first-order valence-corrected chi connectivity index (χ1v) is 5.39. The number of aromatic hydroxyl groups is 1. The fraction of sp³-hybridized carbons (Fsp3) is 0.583. The molecule has 90 valence electrons. The Balaban J connectivity index is 2.68. The van der Waals surface area contributed by atoms with Gasteiger partial charge < -0.3 is 9.84 Å². The monoisotopic (exact) mass is 224 g/mol. The maximum atomic E-state index is 9.68. The number of likely N-dealkylation sites (N-methyl/N-ethyl adjacent to an activating group) is 1. The highest BCUT2D eigenvalue weighted by molar-refractivity contribution is 5.27. The average molecular weight is 224 g/mol. The van der Waals surface area contributed by atoms with E-state index in [-0.39, 0.29) is 5.75 Å². The molecule has 0 aliphatic rings. The minimum atomic E-state index is 0.252. The number of aromatic nitrogens is 1. The molecule has 0 fully saturated rings. The van der Waals surface area contributed by atoms with Crippen LogP contribution in [0.5, 0.6) is 5.75 Å². The summed E-state index contributed by atoms with van der Waals surface area (Å²) in [7, 11) is 3.68. The van der Waals surface area contributed by atoms with Crippen LogP contribution in [0.2, 0.25) is 0 Å². The first-order chi connectivity index (χ1) is 7.54. The Morgan fingerprint density at radius 2 is 2.19 bits per heavy atom. The molecule has 0 bridgehead atoms. The molecule has 1 atom stereocenters. The van der Waals surface area contributed by atoms with Gasteiger partial charge in [0, 0.05) is 25.4 Å². The lowest BCUT2D eigenvalue weighted by Gasteiger charge is -2.23. The van der Waals surface area contributed by atoms with E-state index in [9.17, 15) is 5.11 Å². The normalized spacial score (nSPS) is 13.1. The predicted octanol–water partition coefficient (Wildman–Crippen LogP) is 1.56. The molecule has 16 heavy (non-hydrogen) atoms. The minimum absolute atomic E-state index is 0.252. The summed E-state index contributed by atoms with van der Waals surface area (Å²) in [6, 6.07) is 3.79. The van der Waals surface area contributed by atoms with E-state index >= 15 is 0 Å². The van der Waals surface area contributed by atoms with Crippen molar-refractivity contribution in [1.82, 2.24) is 9.88 Å². The zero-order chi connectivity index (χ0) is 12.1. The molecule has 1 N–H and O–H groups in total. The van der Waals surface area contributed by atoms with E-state index in [4.69, 9.17) is 4.74 Å². The number of methoxy groups -OCH3 is 1. The van der Waals surface area contributed by atoms with Gasteiger partial charge in [0.1, 0.15) is 5.75 Å². The lowest BCUT2D eigenvalue weighted by atomic mass is 10.2. The molecule has 0 spiro atoms. The van der Waals surface area contributed by atoms with Gasteiger partial charge in [0.15, 0.2) is 0 Å². The molecule has 1 heterocycles. The molecule has 0 saturated heterocycles. The molecule has 0 aliphatic heterocycles. The lowest BCUT2D eigenvalue weighted by molar-refractivity contribution is 0.110. The van der Waals surface area contributed by atoms with Crippen molar-refractivity contribution in [3.63, 3.8) is 0 Å². The number of rotatable bonds is 5. The van der Waals surface area contributed by atoms with Gasteiger partial charge in [-0.1, -0.05) is 0 Å². The van der Waals surface area contributed by atoms with E-state index in [0.717, 1.165) is 5.69 Å². The Hall–Kier alpha value is -1.13. The number of nitrogens with zero attached hydrogens (tertiary/aromatic N) is 2. The maximum absolute atomic E-state index is 9.68. The lowest BCUT2D eigenvalue weighted by Crippen LogP contribution is -2.32. The van der Waals surface area contributed by atoms with Gasteiger partial charge in [0.2, 0.25) is 0 Å². The van der Waals surface area contributed by atoms with Gasteiger partial charge in [-0.3, -0.25) is 9.88 Å². The van der Waals surface area contributed by atoms with Gasteiger partial charge >= 0.3 is 0 Å². The summed E-state index contributed by atoms with van der Waals surface area (Å²) < 4.78 is 5.09. The van der Waals surface area contributed by atoms with Crippen molar-refractivity contribution < 1.29 is 9.84 Å². The largest absolute Gasteiger partial charge is 0.506 e. The summed E-state index contributed by atoms with van der Waals surface area (Å²) >= 11 is 0. The zero-order valence-electron chi connectivity index (χ0n) is 10.4. The van der Waals surface area contributed by atoms with Crippen molar-refractivity contribution in [3.05, 3.63) is 23.5 Å². The summed E-state index contributed by atoms with van der Waals surface area (Å²) in [5, 5.41) is 9.68. The van der Waals surface area contributed by atoms with Gasteiger partial charge in [0.25, 0.3) is 0 Å². The molecule has 0 radical (unpaired) electrons. The zero-order valence-corrected chi connectivity index (χ0v) is 10.4. The molecule has 0 saturated carbocycles. The van der Waals surface area contributed by atoms with Crippen LogP contribution in [0.25, 0.3) is 0 Å². The molecule has 4 nitrogen and oxygen atoms in total. The van der Waals surface area contributed by atoms with Crippen LogP contribution in [0.15, 0.2) is 12.1 Å². The Bertz CT molecular complexity index is 342. The van der Waals surface area contributed by atoms with E-state index in [1.807, 2.05) is 14.0 Å². The molecule has 1 rings (SSSR count). The van der Waals surface area contributed by atoms with E-state index in [0.29, 0.717) is 24.9 Å². The summed E-state index contributed by atoms with van der Waals surface area (Å²) in [4.78, 5) is 6.42. The minimum Gasteiger partial charge on any atom is -0.506 e. The van der Waals surface area contributed by atoms with Crippen molar-refractivity contribution >= 4 is 0 Å². The van der Waals surface area contributed by atoms with Gasteiger partial charge in [0.05, 0.1) is 12.3 Å². The van der Waals surface area contributed by atoms with Gasteiger partial charge in [-0.15, -0.1) is 0 Å². The molecule has 0 aliphatic carbocycles. The smallest absolute Gasteiger partial charge is 0.138 e. The number of ether oxygens (including phenoxy) is 1. The third kappa shape index (κ3) is 3.47. The van der Waals surface area contributed by atoms with Crippen LogP contribution in [0.1, 0.15) is 18.3 Å². The maximum Gasteiger partial charge on any atom is 0.138 e. The van der Waals surface area contributed by atoms with E-state index < -0.39 is 0 Å². The standard InChI is InChI=1S/C12H20N2O2/c1-9-5-6-12(15)11(13-9)7-14(3)10(2)8-16-4/h5-6,10,15H,7-8H2,1-4H3. The van der Waals surface area contributed by atoms with Gasteiger partial charge in [-0.05, 0) is 33.0 Å². The van der Waals surface area contributed by atoms with Gasteiger partial charge in [-0.2, -0.15) is 0 Å². The summed E-state index contributed by atoms with van der Waals surface area (Å²) in [5.74, 6) is 0.252. The Morgan fingerprint density at radius 1 is 1.50 bits per heavy atom. The molecule has 0 amide bonds. The van der Waals surface area contributed by atoms with E-state index in [2.05, 4.69) is 16.8 Å². The molecule has 4 heteroatoms. The highest BCUT2D eigenvalue weighted by Crippen LogP contribution is 2.17. The van der Waals surface area contributed by atoms with Crippen molar-refractivity contribution in [2.24, 2.45) is 0 Å². The van der Waals surface area contributed by atoms with Crippen molar-refractivity contribution in [1.29, 1.82) is 0 Å². The van der Waals surface area contributed by atoms with E-state index in [1.54, 1.807) is 19.2 Å². The third-order valence-corrected chi connectivity index (χ3v) is 2.65. The number of hydrogen-bond donors (Lipinski definition) is 1. The fourth-order valence-corrected chi connectivity index (χ4v) is 1.48. The van der Waals surface area contributed by atoms with Crippen LogP contribution in [0.3, 0.4) is 0 Å². The second kappa shape index (κ2) is 5.82. The van der Waals surface area contributed by atoms with Crippen LogP contribution < -0.4 is 0 Å². The quantitative estimate of drug-likeness (QED) is 0.824. The Morgan fingerprint density at radius 3 is 2.81 bits per heavy atom. The summed E-state index contributed by atoms with van der Waals surface area (Å²) in [5.41, 5.74) is 1.63. The van der Waals surface area contributed by atoms with Crippen LogP contribution >= 0.6 is 0 Å². The molecular formula is C12H20N2O2. The Kier molecular flexibility index (Phi) is 4.71. The van der Waals surface area contributed by atoms with Crippen LogP contribution in [-0.2, 0) is 11.3 Å². The first kappa shape index (κ1) is 12.9. The average Bonchev–Trinajstić information content (AvgIpc) is 2.23. The second-order valence-electron chi connectivity index (χ2n) is 4.14. The summed E-state index contributed by atoms with van der Waals surface area (Å²) in [6.07, 6.45) is 0. The highest BCUT2D eigenvalue weighted by Gasteiger charge is 2.12. The molecule has 0 aromatic carbocycles. The van der Waals surface area contributed by atoms with Crippen molar-refractivity contribution in [3.8, 4) is 5.75 Å². The second-order valence-corrected chi connectivity index (χ2v) is 4.14. The third-order valence-electron chi connectivity index (χ3n) is 2.65. The predicted molar refractivity (Wildman–Crippen MR) is 63.4 cm³/mol. The fourth-order valence-electron chi connectivity index (χ4n) is 1.48. The summed E-state index contributed by atoms with van der Waals surface area (Å²) in [6.45, 7) is 5.29. The van der Waals surface area contributed by atoms with Crippen molar-refractivity contribution in [2.75, 3.05) is 20.8 Å². The first-order valence-electron chi connectivity index (χ1n) is 5.39. The SMILES string of the molecule is COCC(C)N(C)Cc1nc(C)ccc1O. The van der Waals surface area contributed by atoms with E-state index in [1.165, 1.54) is 0 Å². The number of pyridine rings is 1. The topological polar surface area (TPSA) is 45.6 Å². The molecule has 1 aromatic rings.